The highest BCUT2D eigenvalue weighted by molar-refractivity contribution is 8.22. The molecule has 5 atom stereocenters. The molecule has 4 rings (SSSR count). The maximum atomic E-state index is 10.2. The van der Waals surface area contributed by atoms with E-state index in [2.05, 4.69) is 19.9 Å². The summed E-state index contributed by atoms with van der Waals surface area (Å²) in [6.07, 6.45) is 7.20. The summed E-state index contributed by atoms with van der Waals surface area (Å²) in [7, 11) is 0. The van der Waals surface area contributed by atoms with E-state index in [4.69, 9.17) is 4.74 Å². The van der Waals surface area contributed by atoms with E-state index < -0.39 is 6.29 Å². The molecule has 0 radical (unpaired) electrons. The largest absolute Gasteiger partial charge is 0.368 e. The van der Waals surface area contributed by atoms with E-state index in [0.29, 0.717) is 22.7 Å². The van der Waals surface area contributed by atoms with Crippen molar-refractivity contribution in [3.8, 4) is 0 Å². The van der Waals surface area contributed by atoms with Crippen LogP contribution in [0.2, 0.25) is 0 Å². The van der Waals surface area contributed by atoms with Gasteiger partial charge in [0.05, 0.1) is 6.61 Å². The van der Waals surface area contributed by atoms with Crippen molar-refractivity contribution >= 4 is 23.5 Å². The van der Waals surface area contributed by atoms with E-state index in [1.54, 1.807) is 4.24 Å². The van der Waals surface area contributed by atoms with Crippen molar-refractivity contribution in [2.45, 2.75) is 45.8 Å². The van der Waals surface area contributed by atoms with Gasteiger partial charge in [0.15, 0.2) is 6.29 Å². The van der Waals surface area contributed by atoms with Crippen LogP contribution in [-0.4, -0.2) is 29.5 Å². The minimum atomic E-state index is -0.509. The molecular formula is C17H26O2S2. The second-order valence-electron chi connectivity index (χ2n) is 8.10. The molecule has 2 saturated carbocycles. The normalized spacial score (nSPS) is 48.2. The third-order valence-electron chi connectivity index (χ3n) is 6.08. The summed E-state index contributed by atoms with van der Waals surface area (Å²) >= 11 is 4.10. The van der Waals surface area contributed by atoms with Crippen LogP contribution in [0.5, 0.6) is 0 Å². The predicted molar refractivity (Wildman–Crippen MR) is 90.1 cm³/mol. The van der Waals surface area contributed by atoms with Crippen LogP contribution in [0.15, 0.2) is 10.3 Å². The first kappa shape index (κ1) is 14.9. The van der Waals surface area contributed by atoms with Crippen molar-refractivity contribution in [1.29, 1.82) is 0 Å². The zero-order valence-electron chi connectivity index (χ0n) is 13.0. The van der Waals surface area contributed by atoms with Crippen molar-refractivity contribution in [3.05, 3.63) is 10.3 Å². The summed E-state index contributed by atoms with van der Waals surface area (Å²) in [5.74, 6) is 4.21. The summed E-state index contributed by atoms with van der Waals surface area (Å²) in [6, 6.07) is 0. The quantitative estimate of drug-likeness (QED) is 0.785. The van der Waals surface area contributed by atoms with Gasteiger partial charge in [-0.05, 0) is 59.9 Å². The summed E-state index contributed by atoms with van der Waals surface area (Å²) in [4.78, 5) is 0. The van der Waals surface area contributed by atoms with Gasteiger partial charge in [0, 0.05) is 10.2 Å². The first-order valence-corrected chi connectivity index (χ1v) is 10.3. The first-order valence-electron chi connectivity index (χ1n) is 8.28. The molecule has 0 bridgehead atoms. The Hall–Kier alpha value is 0.360. The van der Waals surface area contributed by atoms with Crippen LogP contribution in [0.25, 0.3) is 0 Å². The van der Waals surface area contributed by atoms with E-state index >= 15 is 0 Å². The Balaban J connectivity index is 1.70. The molecule has 1 unspecified atom stereocenters. The fourth-order valence-corrected chi connectivity index (χ4v) is 8.08. The lowest BCUT2D eigenvalue weighted by atomic mass is 9.71. The molecule has 0 aromatic rings. The molecule has 0 aromatic heterocycles. The smallest absolute Gasteiger partial charge is 0.157 e. The SMILES string of the molecule is CC1(C)C[C@H]2C[C@@H]3C(O)OC[C@@H]3[C@@]2(C=C2SCCCS2)C1. The maximum Gasteiger partial charge on any atom is 0.157 e. The van der Waals surface area contributed by atoms with Gasteiger partial charge >= 0.3 is 0 Å². The molecule has 2 saturated heterocycles. The number of aliphatic hydroxyl groups is 1. The molecule has 1 N–H and O–H groups in total. The number of rotatable bonds is 1. The van der Waals surface area contributed by atoms with Crippen molar-refractivity contribution < 1.29 is 9.84 Å². The van der Waals surface area contributed by atoms with Gasteiger partial charge < -0.3 is 9.84 Å². The van der Waals surface area contributed by atoms with E-state index in [1.165, 1.54) is 30.8 Å². The minimum Gasteiger partial charge on any atom is -0.368 e. The van der Waals surface area contributed by atoms with Gasteiger partial charge in [-0.1, -0.05) is 19.9 Å². The van der Waals surface area contributed by atoms with Crippen LogP contribution >= 0.6 is 23.5 Å². The van der Waals surface area contributed by atoms with Crippen LogP contribution in [0, 0.1) is 28.6 Å². The Kier molecular flexibility index (Phi) is 3.68. The zero-order valence-corrected chi connectivity index (χ0v) is 14.6. The van der Waals surface area contributed by atoms with Crippen LogP contribution in [-0.2, 0) is 4.74 Å². The highest BCUT2D eigenvalue weighted by atomic mass is 32.2. The Morgan fingerprint density at radius 2 is 2.05 bits per heavy atom. The fraction of sp³-hybridized carbons (Fsp3) is 0.882. The molecule has 2 heterocycles. The number of fused-ring (bicyclic) bond motifs is 3. The molecule has 118 valence electrons. The number of allylic oxidation sites excluding steroid dienone is 1. The highest BCUT2D eigenvalue weighted by Gasteiger charge is 2.63. The standard InChI is InChI=1S/C17H26O2S2/c1-16(2)7-11-6-12-13(9-19-15(12)18)17(11,10-16)8-14-20-4-3-5-21-14/h8,11-13,15,18H,3-7,9-10H2,1-2H3/t11-,12+,13+,15?,17+/m1/s1. The molecule has 2 aliphatic carbocycles. The Labute approximate surface area is 136 Å². The second-order valence-corrected chi connectivity index (χ2v) is 10.6. The average molecular weight is 327 g/mol. The number of hydrogen-bond acceptors (Lipinski definition) is 4. The third-order valence-corrected chi connectivity index (χ3v) is 8.58. The number of ether oxygens (including phenoxy) is 1. The van der Waals surface area contributed by atoms with Gasteiger partial charge in [0.2, 0.25) is 0 Å². The topological polar surface area (TPSA) is 29.5 Å². The summed E-state index contributed by atoms with van der Waals surface area (Å²) in [5.41, 5.74) is 0.725. The van der Waals surface area contributed by atoms with Crippen molar-refractivity contribution in [2.75, 3.05) is 18.1 Å². The second kappa shape index (κ2) is 5.19. The summed E-state index contributed by atoms with van der Waals surface area (Å²) < 4.78 is 7.17. The number of thioether (sulfide) groups is 2. The molecule has 4 fully saturated rings. The highest BCUT2D eigenvalue weighted by Crippen LogP contribution is 2.68. The maximum absolute atomic E-state index is 10.2. The van der Waals surface area contributed by atoms with Crippen molar-refractivity contribution in [2.24, 2.45) is 28.6 Å². The molecule has 0 spiro atoms. The molecule has 0 aromatic carbocycles. The van der Waals surface area contributed by atoms with E-state index in [1.807, 2.05) is 23.5 Å². The molecule has 2 nitrogen and oxygen atoms in total. The molecule has 0 amide bonds. The van der Waals surface area contributed by atoms with Crippen LogP contribution in [0.1, 0.15) is 39.5 Å². The molecule has 2 aliphatic heterocycles. The fourth-order valence-electron chi connectivity index (χ4n) is 5.47. The summed E-state index contributed by atoms with van der Waals surface area (Å²) in [5, 5.41) is 10.2. The van der Waals surface area contributed by atoms with Gasteiger partial charge in [-0.2, -0.15) is 0 Å². The van der Waals surface area contributed by atoms with Gasteiger partial charge in [-0.25, -0.2) is 0 Å². The van der Waals surface area contributed by atoms with Gasteiger partial charge in [-0.15, -0.1) is 23.5 Å². The summed E-state index contributed by atoms with van der Waals surface area (Å²) in [6.45, 7) is 5.61. The lowest BCUT2D eigenvalue weighted by Gasteiger charge is -2.34. The minimum absolute atomic E-state index is 0.290. The van der Waals surface area contributed by atoms with Crippen molar-refractivity contribution in [3.63, 3.8) is 0 Å². The Morgan fingerprint density at radius 3 is 2.81 bits per heavy atom. The average Bonchev–Trinajstić information content (AvgIpc) is 2.99. The van der Waals surface area contributed by atoms with Gasteiger partial charge in [0.25, 0.3) is 0 Å². The van der Waals surface area contributed by atoms with Crippen LogP contribution in [0.3, 0.4) is 0 Å². The van der Waals surface area contributed by atoms with E-state index in [9.17, 15) is 5.11 Å². The van der Waals surface area contributed by atoms with Gasteiger partial charge in [-0.3, -0.25) is 0 Å². The lowest BCUT2D eigenvalue weighted by molar-refractivity contribution is -0.0856. The van der Waals surface area contributed by atoms with Crippen LogP contribution in [0.4, 0.5) is 0 Å². The third kappa shape index (κ3) is 2.41. The number of hydrogen-bond donors (Lipinski definition) is 1. The first-order chi connectivity index (χ1) is 10.0. The Morgan fingerprint density at radius 1 is 1.29 bits per heavy atom. The van der Waals surface area contributed by atoms with Gasteiger partial charge in [0.1, 0.15) is 0 Å². The van der Waals surface area contributed by atoms with Crippen molar-refractivity contribution in [1.82, 2.24) is 0 Å². The van der Waals surface area contributed by atoms with Crippen LogP contribution < -0.4 is 0 Å². The molecule has 21 heavy (non-hydrogen) atoms. The predicted octanol–water partition coefficient (Wildman–Crippen LogP) is 4.11. The Bertz CT molecular complexity index is 454. The number of aliphatic hydroxyl groups excluding tert-OH is 1. The van der Waals surface area contributed by atoms with E-state index in [-0.39, 0.29) is 0 Å². The molecule has 4 heteroatoms. The van der Waals surface area contributed by atoms with E-state index in [0.717, 1.165) is 18.9 Å². The lowest BCUT2D eigenvalue weighted by Crippen LogP contribution is -2.30. The monoisotopic (exact) mass is 326 g/mol. The molecular weight excluding hydrogens is 300 g/mol. The molecule has 4 aliphatic rings. The zero-order chi connectivity index (χ0) is 14.7.